The Morgan fingerprint density at radius 2 is 0.962 bits per heavy atom. The monoisotopic (exact) mass is 714 g/mol. The van der Waals surface area contributed by atoms with Gasteiger partial charge in [-0.2, -0.15) is 0 Å². The first-order valence-electron chi connectivity index (χ1n) is 17.4. The Labute approximate surface area is 311 Å². The van der Waals surface area contributed by atoms with Gasteiger partial charge in [0.15, 0.2) is 23.1 Å². The van der Waals surface area contributed by atoms with Crippen molar-refractivity contribution in [2.24, 2.45) is 0 Å². The van der Waals surface area contributed by atoms with E-state index in [2.05, 4.69) is 120 Å². The fourth-order valence-electron chi connectivity index (χ4n) is 7.21. The smallest absolute Gasteiger partial charge is 0.227 e. The number of hydrogen-bond donors (Lipinski definition) is 0. The van der Waals surface area contributed by atoms with Crippen molar-refractivity contribution in [1.29, 1.82) is 0 Å². The third-order valence-electron chi connectivity index (χ3n) is 9.81. The molecule has 0 spiro atoms. The van der Waals surface area contributed by atoms with Crippen molar-refractivity contribution in [2.75, 3.05) is 0 Å². The summed E-state index contributed by atoms with van der Waals surface area (Å²) in [5, 5.41) is 4.86. The fraction of sp³-hybridized carbons (Fsp3) is 0. The van der Waals surface area contributed by atoms with Gasteiger partial charge in [-0.05, 0) is 65.7 Å². The molecule has 5 nitrogen and oxygen atoms in total. The Balaban J connectivity index is 1.03. The summed E-state index contributed by atoms with van der Waals surface area (Å²) >= 11 is 3.56. The van der Waals surface area contributed by atoms with Crippen LogP contribution >= 0.6 is 22.7 Å². The molecule has 53 heavy (non-hydrogen) atoms. The molecule has 0 fully saturated rings. The maximum atomic E-state index is 6.02. The molecule has 0 atom stereocenters. The Kier molecular flexibility index (Phi) is 6.83. The molecule has 11 aromatic rings. The first-order chi connectivity index (χ1) is 26.2. The van der Waals surface area contributed by atoms with E-state index in [1.165, 1.54) is 35.6 Å². The summed E-state index contributed by atoms with van der Waals surface area (Å²) in [6.45, 7) is 0. The number of hydrogen-bond acceptors (Lipinski definition) is 7. The Morgan fingerprint density at radius 3 is 1.72 bits per heavy atom. The van der Waals surface area contributed by atoms with Crippen LogP contribution in [0.1, 0.15) is 0 Å². The van der Waals surface area contributed by atoms with Crippen LogP contribution < -0.4 is 0 Å². The second-order valence-corrected chi connectivity index (χ2v) is 15.1. The predicted molar refractivity (Wildman–Crippen MR) is 220 cm³/mol. The molecule has 0 radical (unpaired) electrons. The van der Waals surface area contributed by atoms with E-state index >= 15 is 0 Å². The molecule has 0 bridgehead atoms. The first kappa shape index (κ1) is 30.1. The van der Waals surface area contributed by atoms with Crippen molar-refractivity contribution < 1.29 is 4.42 Å². The normalized spacial score (nSPS) is 11.8. The molecule has 0 saturated carbocycles. The molecule has 7 aromatic carbocycles. The van der Waals surface area contributed by atoms with Crippen molar-refractivity contribution in [2.45, 2.75) is 0 Å². The van der Waals surface area contributed by atoms with Crippen LogP contribution in [0.2, 0.25) is 0 Å². The summed E-state index contributed by atoms with van der Waals surface area (Å²) in [7, 11) is 0. The quantitative estimate of drug-likeness (QED) is 0.178. The molecule has 248 valence electrons. The van der Waals surface area contributed by atoms with Crippen LogP contribution in [0.15, 0.2) is 162 Å². The van der Waals surface area contributed by atoms with Gasteiger partial charge in [0, 0.05) is 62.6 Å². The molecule has 4 heterocycles. The third-order valence-corrected chi connectivity index (χ3v) is 12.2. The van der Waals surface area contributed by atoms with Gasteiger partial charge >= 0.3 is 0 Å². The Hall–Kier alpha value is -6.54. The van der Waals surface area contributed by atoms with Gasteiger partial charge in [0.05, 0.1) is 0 Å². The molecule has 7 heteroatoms. The molecule has 11 rings (SSSR count). The predicted octanol–water partition coefficient (Wildman–Crippen LogP) is 13.1. The highest BCUT2D eigenvalue weighted by Gasteiger charge is 2.19. The zero-order chi connectivity index (χ0) is 34.9. The van der Waals surface area contributed by atoms with Gasteiger partial charge in [-0.25, -0.2) is 19.9 Å². The molecule has 0 N–H and O–H groups in total. The zero-order valence-electron chi connectivity index (χ0n) is 28.0. The zero-order valence-corrected chi connectivity index (χ0v) is 29.7. The summed E-state index contributed by atoms with van der Waals surface area (Å²) in [5.74, 6) is 2.62. The molecule has 0 aliphatic carbocycles. The lowest BCUT2D eigenvalue weighted by Gasteiger charge is -2.09. The topological polar surface area (TPSA) is 64.7 Å². The summed E-state index contributed by atoms with van der Waals surface area (Å²) in [5.41, 5.74) is 7.85. The van der Waals surface area contributed by atoms with Crippen molar-refractivity contribution >= 4 is 74.1 Å². The third kappa shape index (κ3) is 5.04. The Morgan fingerprint density at radius 1 is 0.377 bits per heavy atom. The second kappa shape index (κ2) is 12.0. The van der Waals surface area contributed by atoms with Crippen molar-refractivity contribution in [1.82, 2.24) is 19.9 Å². The number of aromatic nitrogens is 4. The molecule has 0 amide bonds. The van der Waals surface area contributed by atoms with Crippen LogP contribution in [0.4, 0.5) is 0 Å². The van der Waals surface area contributed by atoms with Crippen molar-refractivity contribution in [3.8, 4) is 56.7 Å². The highest BCUT2D eigenvalue weighted by atomic mass is 32.1. The van der Waals surface area contributed by atoms with Crippen LogP contribution in [0, 0.1) is 0 Å². The minimum atomic E-state index is 0.627. The number of nitrogens with zero attached hydrogens (tertiary/aromatic N) is 4. The fourth-order valence-corrected chi connectivity index (χ4v) is 9.62. The van der Waals surface area contributed by atoms with Crippen LogP contribution in [-0.4, -0.2) is 19.9 Å². The lowest BCUT2D eigenvalue weighted by molar-refractivity contribution is 0.620. The number of oxazole rings is 1. The van der Waals surface area contributed by atoms with Gasteiger partial charge in [-0.1, -0.05) is 103 Å². The molecular weight excluding hydrogens is 689 g/mol. The first-order valence-corrected chi connectivity index (χ1v) is 19.0. The maximum Gasteiger partial charge on any atom is 0.227 e. The number of fused-ring (bicyclic) bond motifs is 7. The van der Waals surface area contributed by atoms with E-state index in [4.69, 9.17) is 19.4 Å². The van der Waals surface area contributed by atoms with E-state index in [9.17, 15) is 0 Å². The van der Waals surface area contributed by atoms with E-state index in [1.54, 1.807) is 22.7 Å². The Bertz CT molecular complexity index is 3150. The van der Waals surface area contributed by atoms with E-state index in [-0.39, 0.29) is 0 Å². The second-order valence-electron chi connectivity index (χ2n) is 13.0. The van der Waals surface area contributed by atoms with Gasteiger partial charge in [-0.3, -0.25) is 0 Å². The molecule has 0 saturated heterocycles. The molecule has 4 aromatic heterocycles. The van der Waals surface area contributed by atoms with Gasteiger partial charge in [-0.15, -0.1) is 22.7 Å². The lowest BCUT2D eigenvalue weighted by Crippen LogP contribution is -2.00. The highest BCUT2D eigenvalue weighted by Crippen LogP contribution is 2.43. The van der Waals surface area contributed by atoms with Crippen LogP contribution in [0.5, 0.6) is 0 Å². The van der Waals surface area contributed by atoms with E-state index in [0.29, 0.717) is 23.4 Å². The molecule has 0 unspecified atom stereocenters. The maximum absolute atomic E-state index is 6.02. The molecular formula is C46H26N4OS2. The largest absolute Gasteiger partial charge is 0.436 e. The number of thiophene rings is 2. The van der Waals surface area contributed by atoms with Crippen molar-refractivity contribution in [3.63, 3.8) is 0 Å². The van der Waals surface area contributed by atoms with Crippen LogP contribution in [0.25, 0.3) is 108 Å². The van der Waals surface area contributed by atoms with E-state index in [1.807, 2.05) is 42.5 Å². The number of benzene rings is 7. The van der Waals surface area contributed by atoms with Crippen molar-refractivity contribution in [3.05, 3.63) is 158 Å². The van der Waals surface area contributed by atoms with Crippen LogP contribution in [0.3, 0.4) is 0 Å². The molecule has 0 aliphatic rings. The number of para-hydroxylation sites is 2. The summed E-state index contributed by atoms with van der Waals surface area (Å²) in [4.78, 5) is 20.1. The van der Waals surface area contributed by atoms with Gasteiger partial charge < -0.3 is 4.42 Å². The SMILES string of the molecule is c1ccc(-c2nc(-c3cccc4c3sc3ccccc34)nc(-c3cccc4c3sc3ccc(-c5ccc(-c6nc7ccccc7o6)cc5)cc34)n2)cc1. The minimum Gasteiger partial charge on any atom is -0.436 e. The summed E-state index contributed by atoms with van der Waals surface area (Å²) in [6.07, 6.45) is 0. The highest BCUT2D eigenvalue weighted by molar-refractivity contribution is 7.26. The van der Waals surface area contributed by atoms with Crippen LogP contribution in [-0.2, 0) is 0 Å². The van der Waals surface area contributed by atoms with Gasteiger partial charge in [0.25, 0.3) is 0 Å². The summed E-state index contributed by atoms with van der Waals surface area (Å²) in [6, 6.07) is 54.6. The van der Waals surface area contributed by atoms with Gasteiger partial charge in [0.1, 0.15) is 5.52 Å². The number of rotatable bonds is 5. The van der Waals surface area contributed by atoms with E-state index < -0.39 is 0 Å². The minimum absolute atomic E-state index is 0.627. The molecule has 0 aliphatic heterocycles. The van der Waals surface area contributed by atoms with E-state index in [0.717, 1.165) is 49.2 Å². The van der Waals surface area contributed by atoms with Gasteiger partial charge in [0.2, 0.25) is 5.89 Å². The average Bonchev–Trinajstić information content (AvgIpc) is 3.94. The standard InChI is InChI=1S/C46H26N4OS2/c1-2-10-28(11-3-1)43-48-44(34-15-8-13-32-31-12-4-7-19-39(31)52-41(32)34)50-45(49-43)35-16-9-14-33-36-26-30(24-25-40(36)53-42(33)35)27-20-22-29(23-21-27)46-47-37-17-5-6-18-38(37)51-46/h1-26H. The lowest BCUT2D eigenvalue weighted by atomic mass is 10.0. The average molecular weight is 715 g/mol. The summed E-state index contributed by atoms with van der Waals surface area (Å²) < 4.78 is 10.8.